The molecule has 0 fully saturated rings. The Morgan fingerprint density at radius 3 is 2.65 bits per heavy atom. The molecule has 0 radical (unpaired) electrons. The minimum absolute atomic E-state index is 0.0287. The number of hydrogen-bond acceptors (Lipinski definition) is 2. The fourth-order valence-electron chi connectivity index (χ4n) is 1.75. The van der Waals surface area contributed by atoms with Gasteiger partial charge in [0.15, 0.2) is 0 Å². The van der Waals surface area contributed by atoms with E-state index in [4.69, 9.17) is 5.73 Å². The molecule has 1 atom stereocenters. The van der Waals surface area contributed by atoms with Gasteiger partial charge in [0.25, 0.3) is 5.91 Å². The lowest BCUT2D eigenvalue weighted by Gasteiger charge is -2.27. The predicted molar refractivity (Wildman–Crippen MR) is 75.0 cm³/mol. The first-order chi connectivity index (χ1) is 8.02. The largest absolute Gasteiger partial charge is 0.398 e. The quantitative estimate of drug-likeness (QED) is 0.867. The molecule has 2 N–H and O–H groups in total. The van der Waals surface area contributed by atoms with Crippen LogP contribution in [-0.4, -0.2) is 23.4 Å². The Balaban J connectivity index is 3.06. The van der Waals surface area contributed by atoms with Gasteiger partial charge < -0.3 is 10.6 Å². The fraction of sp³-hybridized carbons (Fsp3) is 0.462. The summed E-state index contributed by atoms with van der Waals surface area (Å²) in [6, 6.07) is 5.62. The topological polar surface area (TPSA) is 46.3 Å². The van der Waals surface area contributed by atoms with Crippen LogP contribution in [0.15, 0.2) is 22.7 Å². The monoisotopic (exact) mass is 298 g/mol. The maximum absolute atomic E-state index is 12.4. The highest BCUT2D eigenvalue weighted by Gasteiger charge is 2.21. The van der Waals surface area contributed by atoms with Crippen LogP contribution in [0.25, 0.3) is 0 Å². The van der Waals surface area contributed by atoms with E-state index in [9.17, 15) is 4.79 Å². The van der Waals surface area contributed by atoms with E-state index in [-0.39, 0.29) is 11.9 Å². The second-order valence-electron chi connectivity index (χ2n) is 4.06. The van der Waals surface area contributed by atoms with Crippen molar-refractivity contribution in [3.8, 4) is 0 Å². The van der Waals surface area contributed by atoms with Crippen LogP contribution in [0, 0.1) is 0 Å². The zero-order valence-electron chi connectivity index (χ0n) is 10.5. The van der Waals surface area contributed by atoms with Gasteiger partial charge in [-0.15, -0.1) is 0 Å². The normalized spacial score (nSPS) is 12.2. The van der Waals surface area contributed by atoms with Crippen molar-refractivity contribution in [1.29, 1.82) is 0 Å². The first kappa shape index (κ1) is 14.0. The van der Waals surface area contributed by atoms with Crippen LogP contribution in [0.4, 0.5) is 5.69 Å². The van der Waals surface area contributed by atoms with E-state index in [1.54, 1.807) is 18.2 Å². The van der Waals surface area contributed by atoms with Crippen molar-refractivity contribution in [2.24, 2.45) is 0 Å². The Labute approximate surface area is 111 Å². The molecule has 0 saturated carbocycles. The van der Waals surface area contributed by atoms with Gasteiger partial charge in [0, 0.05) is 18.3 Å². The Morgan fingerprint density at radius 1 is 1.47 bits per heavy atom. The molecule has 0 spiro atoms. The molecule has 0 aliphatic rings. The first-order valence-electron chi connectivity index (χ1n) is 5.87. The zero-order chi connectivity index (χ0) is 13.0. The van der Waals surface area contributed by atoms with Gasteiger partial charge in [-0.3, -0.25) is 4.79 Å². The third-order valence-electron chi connectivity index (χ3n) is 2.98. The van der Waals surface area contributed by atoms with E-state index in [0.29, 0.717) is 22.3 Å². The van der Waals surface area contributed by atoms with E-state index in [2.05, 4.69) is 29.8 Å². The second-order valence-corrected chi connectivity index (χ2v) is 4.85. The minimum atomic E-state index is 0.0287. The highest BCUT2D eigenvalue weighted by atomic mass is 79.9. The lowest BCUT2D eigenvalue weighted by Crippen LogP contribution is -2.38. The Bertz CT molecular complexity index is 406. The molecule has 1 aromatic rings. The number of carbonyl (C=O) groups is 1. The van der Waals surface area contributed by atoms with Crippen molar-refractivity contribution in [1.82, 2.24) is 4.90 Å². The van der Waals surface area contributed by atoms with Crippen molar-refractivity contribution in [2.45, 2.75) is 33.2 Å². The summed E-state index contributed by atoms with van der Waals surface area (Å²) < 4.78 is 0.687. The third-order valence-corrected chi connectivity index (χ3v) is 3.87. The van der Waals surface area contributed by atoms with Crippen LogP contribution in [-0.2, 0) is 0 Å². The van der Waals surface area contributed by atoms with Gasteiger partial charge in [0.1, 0.15) is 0 Å². The molecule has 0 aliphatic heterocycles. The number of halogens is 1. The first-order valence-corrected chi connectivity index (χ1v) is 6.67. The molecule has 1 rings (SSSR count). The number of rotatable bonds is 4. The number of hydrogen-bond donors (Lipinski definition) is 1. The number of nitrogen functional groups attached to an aromatic ring is 1. The van der Waals surface area contributed by atoms with Crippen molar-refractivity contribution in [3.63, 3.8) is 0 Å². The van der Waals surface area contributed by atoms with Crippen LogP contribution in [0.5, 0.6) is 0 Å². The molecule has 0 saturated heterocycles. The third kappa shape index (κ3) is 3.00. The molecule has 0 heterocycles. The minimum Gasteiger partial charge on any atom is -0.398 e. The average Bonchev–Trinajstić information content (AvgIpc) is 2.33. The number of anilines is 1. The van der Waals surface area contributed by atoms with Crippen LogP contribution in [0.1, 0.15) is 37.6 Å². The standard InChI is InChI=1S/C13H19BrN2O/c1-4-9(3)16(5-2)13(17)10-7-6-8-11(15)12(10)14/h6-9H,4-5,15H2,1-3H3. The molecule has 94 valence electrons. The summed E-state index contributed by atoms with van der Waals surface area (Å²) >= 11 is 3.38. The fourth-order valence-corrected chi connectivity index (χ4v) is 2.18. The molecule has 1 amide bonds. The van der Waals surface area contributed by atoms with Crippen LogP contribution in [0.3, 0.4) is 0 Å². The molecular formula is C13H19BrN2O. The summed E-state index contributed by atoms with van der Waals surface area (Å²) in [7, 11) is 0. The SMILES string of the molecule is CCC(C)N(CC)C(=O)c1cccc(N)c1Br. The van der Waals surface area contributed by atoms with Crippen molar-refractivity contribution >= 4 is 27.5 Å². The molecule has 0 aliphatic carbocycles. The Kier molecular flexibility index (Phi) is 5.00. The number of amides is 1. The summed E-state index contributed by atoms with van der Waals surface area (Å²) in [4.78, 5) is 14.3. The zero-order valence-corrected chi connectivity index (χ0v) is 12.1. The number of nitrogens with zero attached hydrogens (tertiary/aromatic N) is 1. The molecule has 3 nitrogen and oxygen atoms in total. The van der Waals surface area contributed by atoms with Gasteiger partial charge in [-0.1, -0.05) is 13.0 Å². The predicted octanol–water partition coefficient (Wildman–Crippen LogP) is 3.29. The van der Waals surface area contributed by atoms with E-state index in [1.807, 2.05) is 11.8 Å². The second kappa shape index (κ2) is 6.05. The lowest BCUT2D eigenvalue weighted by molar-refractivity contribution is 0.0699. The molecule has 0 bridgehead atoms. The van der Waals surface area contributed by atoms with Crippen molar-refractivity contribution in [2.75, 3.05) is 12.3 Å². The van der Waals surface area contributed by atoms with E-state index in [0.717, 1.165) is 6.42 Å². The highest BCUT2D eigenvalue weighted by molar-refractivity contribution is 9.10. The number of nitrogens with two attached hydrogens (primary N) is 1. The van der Waals surface area contributed by atoms with Crippen molar-refractivity contribution < 1.29 is 4.79 Å². The maximum Gasteiger partial charge on any atom is 0.255 e. The summed E-state index contributed by atoms with van der Waals surface area (Å²) in [5.41, 5.74) is 7.02. The van der Waals surface area contributed by atoms with E-state index in [1.165, 1.54) is 0 Å². The lowest BCUT2D eigenvalue weighted by atomic mass is 10.1. The maximum atomic E-state index is 12.4. The van der Waals surface area contributed by atoms with E-state index < -0.39 is 0 Å². The molecular weight excluding hydrogens is 280 g/mol. The van der Waals surface area contributed by atoms with Crippen molar-refractivity contribution in [3.05, 3.63) is 28.2 Å². The van der Waals surface area contributed by atoms with Gasteiger partial charge in [0.05, 0.1) is 10.0 Å². The summed E-state index contributed by atoms with van der Waals surface area (Å²) in [5, 5.41) is 0. The summed E-state index contributed by atoms with van der Waals surface area (Å²) in [6.45, 7) is 6.83. The van der Waals surface area contributed by atoms with E-state index >= 15 is 0 Å². The van der Waals surface area contributed by atoms with Crippen LogP contribution < -0.4 is 5.73 Å². The molecule has 1 aromatic carbocycles. The summed E-state index contributed by atoms with van der Waals surface area (Å²) in [5.74, 6) is 0.0287. The number of carbonyl (C=O) groups excluding carboxylic acids is 1. The van der Waals surface area contributed by atoms with Gasteiger partial charge >= 0.3 is 0 Å². The summed E-state index contributed by atoms with van der Waals surface area (Å²) in [6.07, 6.45) is 0.944. The van der Waals surface area contributed by atoms with Gasteiger partial charge in [-0.05, 0) is 48.3 Å². The van der Waals surface area contributed by atoms with Gasteiger partial charge in [0.2, 0.25) is 0 Å². The average molecular weight is 299 g/mol. The van der Waals surface area contributed by atoms with Crippen LogP contribution in [0.2, 0.25) is 0 Å². The van der Waals surface area contributed by atoms with Crippen LogP contribution >= 0.6 is 15.9 Å². The smallest absolute Gasteiger partial charge is 0.255 e. The van der Waals surface area contributed by atoms with Gasteiger partial charge in [-0.25, -0.2) is 0 Å². The highest BCUT2D eigenvalue weighted by Crippen LogP contribution is 2.25. The molecule has 0 aromatic heterocycles. The molecule has 17 heavy (non-hydrogen) atoms. The Morgan fingerprint density at radius 2 is 2.12 bits per heavy atom. The molecule has 4 heteroatoms. The number of benzene rings is 1. The Hall–Kier alpha value is -1.03. The molecule has 1 unspecified atom stereocenters. The van der Waals surface area contributed by atoms with Gasteiger partial charge in [-0.2, -0.15) is 0 Å².